The molecule has 0 heterocycles. The molecule has 5 heteroatoms. The summed E-state index contributed by atoms with van der Waals surface area (Å²) < 4.78 is 13.8. The number of amides is 1. The maximum absolute atomic E-state index is 13.8. The van der Waals surface area contributed by atoms with Gasteiger partial charge in [0.15, 0.2) is 0 Å². The van der Waals surface area contributed by atoms with Crippen LogP contribution in [0.25, 0.3) is 0 Å². The van der Waals surface area contributed by atoms with Crippen LogP contribution in [0.5, 0.6) is 0 Å². The Morgan fingerprint density at radius 3 is 2.52 bits per heavy atom. The van der Waals surface area contributed by atoms with E-state index in [9.17, 15) is 14.0 Å². The monoisotopic (exact) mass is 293 g/mol. The topological polar surface area (TPSA) is 66.4 Å². The molecular formula is C16H20FNO3. The minimum Gasteiger partial charge on any atom is -0.478 e. The van der Waals surface area contributed by atoms with Crippen LogP contribution in [0.15, 0.2) is 18.2 Å². The van der Waals surface area contributed by atoms with Crippen LogP contribution in [0.4, 0.5) is 4.39 Å². The molecule has 1 amide bonds. The van der Waals surface area contributed by atoms with E-state index < -0.39 is 17.7 Å². The molecule has 1 aromatic rings. The number of nitrogens with one attached hydrogen (secondary N) is 1. The molecule has 1 aromatic carbocycles. The van der Waals surface area contributed by atoms with E-state index in [0.29, 0.717) is 5.92 Å². The van der Waals surface area contributed by atoms with Crippen molar-refractivity contribution in [3.05, 3.63) is 35.1 Å². The van der Waals surface area contributed by atoms with E-state index in [4.69, 9.17) is 5.11 Å². The Bertz CT molecular complexity index is 538. The number of rotatable bonds is 4. The number of halogens is 1. The van der Waals surface area contributed by atoms with Crippen molar-refractivity contribution in [1.29, 1.82) is 0 Å². The Hall–Kier alpha value is -1.91. The summed E-state index contributed by atoms with van der Waals surface area (Å²) in [4.78, 5) is 22.9. The van der Waals surface area contributed by atoms with Crippen molar-refractivity contribution in [2.45, 2.75) is 45.1 Å². The van der Waals surface area contributed by atoms with Crippen LogP contribution < -0.4 is 5.32 Å². The molecule has 1 saturated carbocycles. The summed E-state index contributed by atoms with van der Waals surface area (Å²) in [5.74, 6) is -2.06. The van der Waals surface area contributed by atoms with E-state index in [-0.39, 0.29) is 17.2 Å². The molecule has 1 atom stereocenters. The molecule has 1 fully saturated rings. The Morgan fingerprint density at radius 1 is 1.29 bits per heavy atom. The first-order valence-corrected chi connectivity index (χ1v) is 7.32. The predicted molar refractivity (Wildman–Crippen MR) is 76.9 cm³/mol. The molecule has 0 radical (unpaired) electrons. The van der Waals surface area contributed by atoms with Crippen LogP contribution in [-0.4, -0.2) is 23.0 Å². The van der Waals surface area contributed by atoms with Crippen molar-refractivity contribution in [3.8, 4) is 0 Å². The molecule has 0 aliphatic heterocycles. The largest absolute Gasteiger partial charge is 0.478 e. The van der Waals surface area contributed by atoms with Gasteiger partial charge in [-0.25, -0.2) is 9.18 Å². The quantitative estimate of drug-likeness (QED) is 0.895. The Labute approximate surface area is 123 Å². The second-order valence-corrected chi connectivity index (χ2v) is 5.66. The van der Waals surface area contributed by atoms with Gasteiger partial charge in [-0.2, -0.15) is 0 Å². The number of carboxylic acids is 1. The lowest BCUT2D eigenvalue weighted by Crippen LogP contribution is -2.39. The highest BCUT2D eigenvalue weighted by atomic mass is 19.1. The van der Waals surface area contributed by atoms with Crippen LogP contribution in [-0.2, 0) is 0 Å². The molecule has 2 N–H and O–H groups in total. The van der Waals surface area contributed by atoms with Gasteiger partial charge < -0.3 is 10.4 Å². The molecule has 21 heavy (non-hydrogen) atoms. The fourth-order valence-corrected chi connectivity index (χ4v) is 2.87. The first-order chi connectivity index (χ1) is 9.99. The Kier molecular flexibility index (Phi) is 4.94. The first kappa shape index (κ1) is 15.5. The average Bonchev–Trinajstić information content (AvgIpc) is 2.47. The number of carbonyl (C=O) groups is 2. The van der Waals surface area contributed by atoms with Gasteiger partial charge in [0.2, 0.25) is 0 Å². The summed E-state index contributed by atoms with van der Waals surface area (Å²) in [6.07, 6.45) is 5.76. The Balaban J connectivity index is 2.04. The molecule has 0 spiro atoms. The summed E-state index contributed by atoms with van der Waals surface area (Å²) in [6.45, 7) is 1.94. The van der Waals surface area contributed by atoms with Crippen molar-refractivity contribution in [2.75, 3.05) is 0 Å². The first-order valence-electron chi connectivity index (χ1n) is 7.32. The van der Waals surface area contributed by atoms with E-state index in [1.165, 1.54) is 31.4 Å². The second kappa shape index (κ2) is 6.70. The molecule has 0 aromatic heterocycles. The molecule has 1 aliphatic carbocycles. The molecule has 4 nitrogen and oxygen atoms in total. The van der Waals surface area contributed by atoms with Gasteiger partial charge in [0.25, 0.3) is 5.91 Å². The minimum atomic E-state index is -1.21. The fraction of sp³-hybridized carbons (Fsp3) is 0.500. The maximum Gasteiger partial charge on any atom is 0.335 e. The number of carbonyl (C=O) groups excluding carboxylic acids is 1. The highest BCUT2D eigenvalue weighted by Crippen LogP contribution is 2.26. The third-order valence-corrected chi connectivity index (χ3v) is 4.18. The molecular weight excluding hydrogens is 273 g/mol. The number of hydrogen-bond acceptors (Lipinski definition) is 2. The minimum absolute atomic E-state index is 0.00338. The number of aromatic carboxylic acids is 1. The zero-order valence-corrected chi connectivity index (χ0v) is 12.1. The SMILES string of the molecule is CC(NC(=O)c1ccc(C(=O)O)cc1F)C1CCCCC1. The van der Waals surface area contributed by atoms with Crippen molar-refractivity contribution < 1.29 is 19.1 Å². The number of benzene rings is 1. The average molecular weight is 293 g/mol. The summed E-state index contributed by atoms with van der Waals surface area (Å²) >= 11 is 0. The van der Waals surface area contributed by atoms with E-state index >= 15 is 0 Å². The molecule has 0 bridgehead atoms. The van der Waals surface area contributed by atoms with Gasteiger partial charge in [-0.15, -0.1) is 0 Å². The molecule has 2 rings (SSSR count). The maximum atomic E-state index is 13.8. The lowest BCUT2D eigenvalue weighted by molar-refractivity contribution is 0.0695. The predicted octanol–water partition coefficient (Wildman–Crippen LogP) is 3.22. The van der Waals surface area contributed by atoms with Gasteiger partial charge in [0.05, 0.1) is 11.1 Å². The van der Waals surface area contributed by atoms with Gasteiger partial charge in [-0.3, -0.25) is 4.79 Å². The smallest absolute Gasteiger partial charge is 0.335 e. The molecule has 114 valence electrons. The van der Waals surface area contributed by atoms with Gasteiger partial charge in [0, 0.05) is 6.04 Å². The second-order valence-electron chi connectivity index (χ2n) is 5.66. The van der Waals surface area contributed by atoms with Gasteiger partial charge >= 0.3 is 5.97 Å². The number of hydrogen-bond donors (Lipinski definition) is 2. The summed E-state index contributed by atoms with van der Waals surface area (Å²) in [6, 6.07) is 3.34. The summed E-state index contributed by atoms with van der Waals surface area (Å²) in [5, 5.41) is 11.6. The molecule has 0 saturated heterocycles. The third-order valence-electron chi connectivity index (χ3n) is 4.18. The van der Waals surface area contributed by atoms with Gasteiger partial charge in [0.1, 0.15) is 5.82 Å². The fourth-order valence-electron chi connectivity index (χ4n) is 2.87. The number of carboxylic acid groups (broad SMARTS) is 1. The van der Waals surface area contributed by atoms with E-state index in [1.54, 1.807) is 0 Å². The zero-order valence-electron chi connectivity index (χ0n) is 12.1. The third kappa shape index (κ3) is 3.80. The normalized spacial score (nSPS) is 17.2. The van der Waals surface area contributed by atoms with Crippen LogP contribution in [0.3, 0.4) is 0 Å². The van der Waals surface area contributed by atoms with E-state index in [1.807, 2.05) is 6.92 Å². The standard InChI is InChI=1S/C16H20FNO3/c1-10(11-5-3-2-4-6-11)18-15(19)13-8-7-12(16(20)21)9-14(13)17/h7-11H,2-6H2,1H3,(H,18,19)(H,20,21). The summed E-state index contributed by atoms with van der Waals surface area (Å²) in [7, 11) is 0. The van der Waals surface area contributed by atoms with Crippen LogP contribution in [0.1, 0.15) is 59.7 Å². The van der Waals surface area contributed by atoms with Crippen molar-refractivity contribution in [2.24, 2.45) is 5.92 Å². The van der Waals surface area contributed by atoms with Crippen LogP contribution >= 0.6 is 0 Å². The summed E-state index contributed by atoms with van der Waals surface area (Å²) in [5.41, 5.74) is -0.271. The zero-order chi connectivity index (χ0) is 15.4. The van der Waals surface area contributed by atoms with Crippen molar-refractivity contribution >= 4 is 11.9 Å². The van der Waals surface area contributed by atoms with Crippen molar-refractivity contribution in [3.63, 3.8) is 0 Å². The Morgan fingerprint density at radius 2 is 1.95 bits per heavy atom. The highest BCUT2D eigenvalue weighted by Gasteiger charge is 2.23. The lowest BCUT2D eigenvalue weighted by Gasteiger charge is -2.28. The van der Waals surface area contributed by atoms with Gasteiger partial charge in [-0.1, -0.05) is 19.3 Å². The van der Waals surface area contributed by atoms with Crippen LogP contribution in [0, 0.1) is 11.7 Å². The van der Waals surface area contributed by atoms with Crippen LogP contribution in [0.2, 0.25) is 0 Å². The highest BCUT2D eigenvalue weighted by molar-refractivity contribution is 5.96. The van der Waals surface area contributed by atoms with E-state index in [0.717, 1.165) is 18.9 Å². The molecule has 1 aliphatic rings. The van der Waals surface area contributed by atoms with Crippen molar-refractivity contribution in [1.82, 2.24) is 5.32 Å². The lowest BCUT2D eigenvalue weighted by atomic mass is 9.84. The van der Waals surface area contributed by atoms with Gasteiger partial charge in [-0.05, 0) is 43.9 Å². The molecule has 1 unspecified atom stereocenters. The van der Waals surface area contributed by atoms with E-state index in [2.05, 4.69) is 5.32 Å².